The number of carbonyl (C=O) groups is 1. The fourth-order valence-corrected chi connectivity index (χ4v) is 2.91. The van der Waals surface area contributed by atoms with Crippen LogP contribution >= 0.6 is 0 Å². The van der Waals surface area contributed by atoms with Gasteiger partial charge in [-0.05, 0) is 32.2 Å². The standard InChI is InChI=1S/C15H28N2O3/c18-11-3-8-16(14-4-1-5-14)7-2-6-15(19)17-9-12-20-13-10-17/h14,18H,1-13H2. The van der Waals surface area contributed by atoms with E-state index in [-0.39, 0.29) is 12.5 Å². The molecule has 0 radical (unpaired) electrons. The maximum absolute atomic E-state index is 12.1. The smallest absolute Gasteiger partial charge is 0.222 e. The maximum atomic E-state index is 12.1. The van der Waals surface area contributed by atoms with Gasteiger partial charge in [-0.25, -0.2) is 0 Å². The van der Waals surface area contributed by atoms with Gasteiger partial charge in [-0.2, -0.15) is 0 Å². The third-order valence-electron chi connectivity index (χ3n) is 4.39. The maximum Gasteiger partial charge on any atom is 0.222 e. The Morgan fingerprint density at radius 3 is 2.50 bits per heavy atom. The van der Waals surface area contributed by atoms with Crippen molar-refractivity contribution in [3.8, 4) is 0 Å². The summed E-state index contributed by atoms with van der Waals surface area (Å²) in [6.45, 7) is 5.06. The molecule has 1 saturated heterocycles. The highest BCUT2D eigenvalue weighted by Crippen LogP contribution is 2.25. The van der Waals surface area contributed by atoms with Gasteiger partial charge in [-0.1, -0.05) is 6.42 Å². The van der Waals surface area contributed by atoms with Gasteiger partial charge in [0.15, 0.2) is 0 Å². The van der Waals surface area contributed by atoms with Crippen molar-refractivity contribution < 1.29 is 14.6 Å². The molecule has 0 aromatic rings. The Bertz CT molecular complexity index is 289. The highest BCUT2D eigenvalue weighted by atomic mass is 16.5. The number of carbonyl (C=O) groups excluding carboxylic acids is 1. The number of morpholine rings is 1. The summed E-state index contributed by atoms with van der Waals surface area (Å²) in [6.07, 6.45) is 6.30. The van der Waals surface area contributed by atoms with Crippen molar-refractivity contribution in [2.45, 2.75) is 44.6 Å². The Morgan fingerprint density at radius 2 is 1.90 bits per heavy atom. The van der Waals surface area contributed by atoms with E-state index in [1.807, 2.05) is 4.90 Å². The Labute approximate surface area is 121 Å². The number of hydrogen-bond donors (Lipinski definition) is 1. The van der Waals surface area contributed by atoms with Crippen molar-refractivity contribution in [3.63, 3.8) is 0 Å². The van der Waals surface area contributed by atoms with E-state index in [9.17, 15) is 4.79 Å². The van der Waals surface area contributed by atoms with Gasteiger partial charge in [-0.3, -0.25) is 4.79 Å². The number of nitrogens with zero attached hydrogens (tertiary/aromatic N) is 2. The number of hydrogen-bond acceptors (Lipinski definition) is 4. The molecule has 0 atom stereocenters. The van der Waals surface area contributed by atoms with Gasteiger partial charge in [0.25, 0.3) is 0 Å². The minimum atomic E-state index is 0.260. The molecule has 1 aliphatic heterocycles. The van der Waals surface area contributed by atoms with Crippen molar-refractivity contribution in [2.24, 2.45) is 0 Å². The highest BCUT2D eigenvalue weighted by Gasteiger charge is 2.24. The van der Waals surface area contributed by atoms with E-state index in [0.29, 0.717) is 25.7 Å². The van der Waals surface area contributed by atoms with E-state index in [4.69, 9.17) is 9.84 Å². The molecule has 1 heterocycles. The summed E-state index contributed by atoms with van der Waals surface area (Å²) >= 11 is 0. The summed E-state index contributed by atoms with van der Waals surface area (Å²) < 4.78 is 5.26. The first kappa shape index (κ1) is 15.7. The molecule has 0 aromatic carbocycles. The van der Waals surface area contributed by atoms with Crippen LogP contribution in [0.3, 0.4) is 0 Å². The third-order valence-corrected chi connectivity index (χ3v) is 4.39. The van der Waals surface area contributed by atoms with Gasteiger partial charge >= 0.3 is 0 Å². The summed E-state index contributed by atoms with van der Waals surface area (Å²) in [4.78, 5) is 16.4. The van der Waals surface area contributed by atoms with Crippen LogP contribution in [0.5, 0.6) is 0 Å². The largest absolute Gasteiger partial charge is 0.396 e. The average Bonchev–Trinajstić information content (AvgIpc) is 2.43. The van der Waals surface area contributed by atoms with E-state index < -0.39 is 0 Å². The van der Waals surface area contributed by atoms with Crippen molar-refractivity contribution in [1.82, 2.24) is 9.80 Å². The number of ether oxygens (including phenoxy) is 1. The van der Waals surface area contributed by atoms with Gasteiger partial charge in [0.1, 0.15) is 0 Å². The SMILES string of the molecule is O=C(CCCN(CCCO)C1CCC1)N1CCOCC1. The van der Waals surface area contributed by atoms with E-state index in [1.165, 1.54) is 19.3 Å². The number of aliphatic hydroxyl groups is 1. The molecule has 0 bridgehead atoms. The van der Waals surface area contributed by atoms with E-state index in [0.717, 1.165) is 39.0 Å². The second kappa shape index (κ2) is 8.60. The Balaban J connectivity index is 1.64. The van der Waals surface area contributed by atoms with Gasteiger partial charge in [0.2, 0.25) is 5.91 Å². The fraction of sp³-hybridized carbons (Fsp3) is 0.933. The van der Waals surface area contributed by atoms with Crippen molar-refractivity contribution in [1.29, 1.82) is 0 Å². The molecule has 2 rings (SSSR count). The summed E-state index contributed by atoms with van der Waals surface area (Å²) in [5, 5.41) is 8.97. The molecule has 0 spiro atoms. The molecular weight excluding hydrogens is 256 g/mol. The topological polar surface area (TPSA) is 53.0 Å². The molecule has 116 valence electrons. The van der Waals surface area contributed by atoms with E-state index >= 15 is 0 Å². The normalized spacial score (nSPS) is 20.2. The lowest BCUT2D eigenvalue weighted by Crippen LogP contribution is -2.43. The number of aliphatic hydroxyl groups excluding tert-OH is 1. The van der Waals surface area contributed by atoms with Gasteiger partial charge in [-0.15, -0.1) is 0 Å². The van der Waals surface area contributed by atoms with Crippen molar-refractivity contribution in [2.75, 3.05) is 46.0 Å². The summed E-state index contributed by atoms with van der Waals surface area (Å²) in [5.74, 6) is 0.268. The van der Waals surface area contributed by atoms with Crippen LogP contribution in [0.25, 0.3) is 0 Å². The molecular formula is C15H28N2O3. The summed E-state index contributed by atoms with van der Waals surface area (Å²) in [6, 6.07) is 0.694. The van der Waals surface area contributed by atoms with Gasteiger partial charge in [0, 0.05) is 38.7 Å². The molecule has 1 N–H and O–H groups in total. The second-order valence-corrected chi connectivity index (χ2v) is 5.79. The van der Waals surface area contributed by atoms with E-state index in [2.05, 4.69) is 4.90 Å². The van der Waals surface area contributed by atoms with Crippen LogP contribution in [0, 0.1) is 0 Å². The fourth-order valence-electron chi connectivity index (χ4n) is 2.91. The molecule has 5 nitrogen and oxygen atoms in total. The predicted molar refractivity (Wildman–Crippen MR) is 77.5 cm³/mol. The highest BCUT2D eigenvalue weighted by molar-refractivity contribution is 5.76. The molecule has 0 aromatic heterocycles. The third kappa shape index (κ3) is 4.72. The predicted octanol–water partition coefficient (Wildman–Crippen LogP) is 0.862. The Hall–Kier alpha value is -0.650. The van der Waals surface area contributed by atoms with E-state index in [1.54, 1.807) is 0 Å². The zero-order chi connectivity index (χ0) is 14.2. The van der Waals surface area contributed by atoms with Crippen LogP contribution in [0.15, 0.2) is 0 Å². The molecule has 2 aliphatic rings. The Morgan fingerprint density at radius 1 is 1.20 bits per heavy atom. The molecule has 1 aliphatic carbocycles. The molecule has 0 unspecified atom stereocenters. The molecule has 2 fully saturated rings. The minimum absolute atomic E-state index is 0.260. The van der Waals surface area contributed by atoms with Gasteiger partial charge in [0.05, 0.1) is 13.2 Å². The van der Waals surface area contributed by atoms with Crippen LogP contribution in [0.4, 0.5) is 0 Å². The van der Waals surface area contributed by atoms with Crippen molar-refractivity contribution in [3.05, 3.63) is 0 Å². The number of amides is 1. The monoisotopic (exact) mass is 284 g/mol. The average molecular weight is 284 g/mol. The minimum Gasteiger partial charge on any atom is -0.396 e. The van der Waals surface area contributed by atoms with Crippen LogP contribution < -0.4 is 0 Å². The lowest BCUT2D eigenvalue weighted by molar-refractivity contribution is -0.135. The second-order valence-electron chi connectivity index (χ2n) is 5.79. The summed E-state index contributed by atoms with van der Waals surface area (Å²) in [7, 11) is 0. The Kier molecular flexibility index (Phi) is 6.76. The molecule has 20 heavy (non-hydrogen) atoms. The lowest BCUT2D eigenvalue weighted by Gasteiger charge is -2.37. The quantitative estimate of drug-likeness (QED) is 0.718. The zero-order valence-electron chi connectivity index (χ0n) is 12.4. The molecule has 5 heteroatoms. The first-order valence-corrected chi connectivity index (χ1v) is 8.01. The van der Waals surface area contributed by atoms with Crippen LogP contribution in [0.2, 0.25) is 0 Å². The first-order chi connectivity index (χ1) is 9.81. The number of rotatable bonds is 8. The van der Waals surface area contributed by atoms with Crippen LogP contribution in [-0.4, -0.2) is 72.9 Å². The summed E-state index contributed by atoms with van der Waals surface area (Å²) in [5.41, 5.74) is 0. The molecule has 1 saturated carbocycles. The first-order valence-electron chi connectivity index (χ1n) is 8.01. The molecule has 1 amide bonds. The zero-order valence-corrected chi connectivity index (χ0v) is 12.4. The van der Waals surface area contributed by atoms with Crippen LogP contribution in [-0.2, 0) is 9.53 Å². The van der Waals surface area contributed by atoms with Crippen LogP contribution in [0.1, 0.15) is 38.5 Å². The van der Waals surface area contributed by atoms with Gasteiger partial charge < -0.3 is 19.6 Å². The van der Waals surface area contributed by atoms with Crippen molar-refractivity contribution >= 4 is 5.91 Å². The lowest BCUT2D eigenvalue weighted by atomic mass is 9.91.